The fourth-order valence-corrected chi connectivity index (χ4v) is 4.05. The lowest BCUT2D eigenvalue weighted by molar-refractivity contribution is 0.392. The van der Waals surface area contributed by atoms with Gasteiger partial charge in [0.25, 0.3) is 0 Å². The van der Waals surface area contributed by atoms with Crippen molar-refractivity contribution in [1.29, 1.82) is 0 Å². The molecule has 1 aromatic heterocycles. The Labute approximate surface area is 142 Å². The van der Waals surface area contributed by atoms with Crippen LogP contribution in [0.5, 0.6) is 0 Å². The maximum Gasteiger partial charge on any atom is 0.177 e. The monoisotopic (exact) mass is 372 g/mol. The molecule has 0 radical (unpaired) electrons. The van der Waals surface area contributed by atoms with Crippen molar-refractivity contribution < 1.29 is 21.4 Å². The molecule has 1 aromatic carbocycles. The molecule has 0 fully saturated rings. The average Bonchev–Trinajstić information content (AvgIpc) is 2.76. The maximum absolute atomic E-state index is 12.1. The van der Waals surface area contributed by atoms with Gasteiger partial charge in [0.2, 0.25) is 0 Å². The number of anilines is 1. The van der Waals surface area contributed by atoms with Crippen LogP contribution in [0.3, 0.4) is 0 Å². The second-order valence-corrected chi connectivity index (χ2v) is 9.83. The normalized spacial score (nSPS) is 12.4. The molecule has 9 heteroatoms. The minimum Gasteiger partial charge on any atom is -0.369 e. The number of rotatable bonds is 5. The molecule has 0 unspecified atom stereocenters. The fourth-order valence-electron chi connectivity index (χ4n) is 2.39. The van der Waals surface area contributed by atoms with Crippen LogP contribution in [0.1, 0.15) is 17.0 Å². The van der Waals surface area contributed by atoms with Crippen molar-refractivity contribution in [2.75, 3.05) is 24.5 Å². The molecule has 7 nitrogen and oxygen atoms in total. The number of aryl methyl sites for hydroxylation is 2. The first-order valence-corrected chi connectivity index (χ1v) is 10.9. The Hall–Kier alpha value is -1.87. The van der Waals surface area contributed by atoms with Gasteiger partial charge in [0.05, 0.1) is 21.2 Å². The molecule has 0 atom stereocenters. The summed E-state index contributed by atoms with van der Waals surface area (Å²) in [7, 11) is -5.37. The van der Waals surface area contributed by atoms with Crippen molar-refractivity contribution in [2.24, 2.45) is 0 Å². The summed E-state index contributed by atoms with van der Waals surface area (Å²) in [5, 5.41) is 3.88. The first-order chi connectivity index (χ1) is 10.9. The Balaban J connectivity index is 2.53. The molecule has 2 rings (SSSR count). The lowest BCUT2D eigenvalue weighted by Crippen LogP contribution is -2.20. The highest BCUT2D eigenvalue weighted by Crippen LogP contribution is 2.29. The Bertz CT molecular complexity index is 956. The van der Waals surface area contributed by atoms with Crippen LogP contribution in [0.2, 0.25) is 0 Å². The van der Waals surface area contributed by atoms with Crippen molar-refractivity contribution in [1.82, 2.24) is 5.16 Å². The Morgan fingerprint density at radius 3 is 2.17 bits per heavy atom. The number of hydrogen-bond acceptors (Lipinski definition) is 7. The SMILES string of the molecule is Cc1noc(C)c1CN(C)c1ccc(S(C)(=O)=O)cc1S(C)(=O)=O. The van der Waals surface area contributed by atoms with Crippen molar-refractivity contribution in [2.45, 2.75) is 30.2 Å². The van der Waals surface area contributed by atoms with Crippen molar-refractivity contribution in [3.8, 4) is 0 Å². The molecule has 0 saturated carbocycles. The molecule has 0 aliphatic carbocycles. The van der Waals surface area contributed by atoms with Crippen LogP contribution in [0.25, 0.3) is 0 Å². The third kappa shape index (κ3) is 3.78. The second-order valence-electron chi connectivity index (χ2n) is 5.83. The molecule has 132 valence electrons. The van der Waals surface area contributed by atoms with Crippen molar-refractivity contribution >= 4 is 25.4 Å². The molecule has 24 heavy (non-hydrogen) atoms. The number of sulfone groups is 2. The lowest BCUT2D eigenvalue weighted by atomic mass is 10.2. The van der Waals surface area contributed by atoms with Crippen LogP contribution in [-0.4, -0.2) is 41.6 Å². The molecule has 2 aromatic rings. The van der Waals surface area contributed by atoms with Crippen LogP contribution >= 0.6 is 0 Å². The molecule has 0 N–H and O–H groups in total. The minimum atomic E-state index is -3.61. The molecule has 0 spiro atoms. The van der Waals surface area contributed by atoms with Gasteiger partial charge in [-0.2, -0.15) is 0 Å². The van der Waals surface area contributed by atoms with Gasteiger partial charge in [0.15, 0.2) is 19.7 Å². The molecule has 0 saturated heterocycles. The van der Waals surface area contributed by atoms with E-state index in [-0.39, 0.29) is 9.79 Å². The highest BCUT2D eigenvalue weighted by Gasteiger charge is 2.21. The summed E-state index contributed by atoms with van der Waals surface area (Å²) >= 11 is 0. The number of hydrogen-bond donors (Lipinski definition) is 0. The topological polar surface area (TPSA) is 97.6 Å². The Morgan fingerprint density at radius 2 is 1.71 bits per heavy atom. The molecule has 0 aliphatic heterocycles. The highest BCUT2D eigenvalue weighted by molar-refractivity contribution is 7.91. The number of benzene rings is 1. The van der Waals surface area contributed by atoms with Gasteiger partial charge in [0.1, 0.15) is 5.76 Å². The third-order valence-corrected chi connectivity index (χ3v) is 5.98. The summed E-state index contributed by atoms with van der Waals surface area (Å²) in [6.07, 6.45) is 2.10. The molecular weight excluding hydrogens is 352 g/mol. The number of aromatic nitrogens is 1. The zero-order valence-electron chi connectivity index (χ0n) is 14.2. The van der Waals surface area contributed by atoms with Gasteiger partial charge in [-0.05, 0) is 32.0 Å². The third-order valence-electron chi connectivity index (χ3n) is 3.75. The molecule has 0 aliphatic rings. The van der Waals surface area contributed by atoms with Gasteiger partial charge >= 0.3 is 0 Å². The predicted molar refractivity (Wildman–Crippen MR) is 90.7 cm³/mol. The van der Waals surface area contributed by atoms with E-state index in [2.05, 4.69) is 5.16 Å². The van der Waals surface area contributed by atoms with E-state index < -0.39 is 19.7 Å². The van der Waals surface area contributed by atoms with Crippen molar-refractivity contribution in [3.05, 3.63) is 35.2 Å². The minimum absolute atomic E-state index is 0.0281. The summed E-state index contributed by atoms with van der Waals surface area (Å²) in [5.74, 6) is 0.660. The van der Waals surface area contributed by atoms with Crippen LogP contribution in [-0.2, 0) is 26.2 Å². The van der Waals surface area contributed by atoms with Crippen LogP contribution in [0.4, 0.5) is 5.69 Å². The van der Waals surface area contributed by atoms with Gasteiger partial charge in [-0.15, -0.1) is 0 Å². The smallest absolute Gasteiger partial charge is 0.177 e. The first-order valence-electron chi connectivity index (χ1n) is 7.08. The van der Waals surface area contributed by atoms with E-state index >= 15 is 0 Å². The zero-order chi connectivity index (χ0) is 18.3. The van der Waals surface area contributed by atoms with Gasteiger partial charge < -0.3 is 9.42 Å². The summed E-state index contributed by atoms with van der Waals surface area (Å²) in [4.78, 5) is 1.67. The van der Waals surface area contributed by atoms with E-state index in [9.17, 15) is 16.8 Å². The van der Waals surface area contributed by atoms with Gasteiger partial charge in [-0.1, -0.05) is 5.16 Å². The predicted octanol–water partition coefficient (Wildman–Crippen LogP) is 1.73. The van der Waals surface area contributed by atoms with E-state index in [1.807, 2.05) is 6.92 Å². The lowest BCUT2D eigenvalue weighted by Gasteiger charge is -2.22. The summed E-state index contributed by atoms with van der Waals surface area (Å²) in [6, 6.07) is 4.11. The zero-order valence-corrected chi connectivity index (χ0v) is 15.8. The molecule has 0 bridgehead atoms. The number of nitrogens with zero attached hydrogens (tertiary/aromatic N) is 2. The highest BCUT2D eigenvalue weighted by atomic mass is 32.2. The van der Waals surface area contributed by atoms with E-state index in [0.29, 0.717) is 18.0 Å². The molecular formula is C15H20N2O5S2. The van der Waals surface area contributed by atoms with Gasteiger partial charge in [-0.25, -0.2) is 16.8 Å². The summed E-state index contributed by atoms with van der Waals surface area (Å²) in [5.41, 5.74) is 2.02. The summed E-state index contributed by atoms with van der Waals surface area (Å²) in [6.45, 7) is 3.99. The molecule has 1 heterocycles. The van der Waals surface area contributed by atoms with Gasteiger partial charge in [0, 0.05) is 31.7 Å². The second kappa shape index (κ2) is 6.21. The fraction of sp³-hybridized carbons (Fsp3) is 0.400. The first kappa shape index (κ1) is 18.5. The quantitative estimate of drug-likeness (QED) is 0.788. The average molecular weight is 372 g/mol. The van der Waals surface area contributed by atoms with Crippen LogP contribution < -0.4 is 4.90 Å². The van der Waals surface area contributed by atoms with Crippen LogP contribution in [0.15, 0.2) is 32.5 Å². The van der Waals surface area contributed by atoms with E-state index in [1.165, 1.54) is 18.2 Å². The molecule has 0 amide bonds. The Kier molecular flexibility index (Phi) is 4.78. The van der Waals surface area contributed by atoms with Gasteiger partial charge in [-0.3, -0.25) is 0 Å². The van der Waals surface area contributed by atoms with Crippen molar-refractivity contribution in [3.63, 3.8) is 0 Å². The Morgan fingerprint density at radius 1 is 1.08 bits per heavy atom. The van der Waals surface area contributed by atoms with E-state index in [4.69, 9.17) is 4.52 Å². The summed E-state index contributed by atoms with van der Waals surface area (Å²) < 4.78 is 52.8. The largest absolute Gasteiger partial charge is 0.369 e. The maximum atomic E-state index is 12.1. The van der Waals surface area contributed by atoms with E-state index in [1.54, 1.807) is 18.9 Å². The van der Waals surface area contributed by atoms with Crippen LogP contribution in [0, 0.1) is 13.8 Å². The standard InChI is InChI=1S/C15H20N2O5S2/c1-10-13(11(2)22-16-10)9-17(3)14-7-6-12(23(4,18)19)8-15(14)24(5,20)21/h6-8H,9H2,1-5H3. The van der Waals surface area contributed by atoms with E-state index in [0.717, 1.165) is 23.8 Å².